The van der Waals surface area contributed by atoms with Crippen LogP contribution in [0, 0.1) is 18.7 Å². The Kier molecular flexibility index (Phi) is 8.71. The molecule has 1 saturated heterocycles. The van der Waals surface area contributed by atoms with Crippen LogP contribution in [0.2, 0.25) is 0 Å². The van der Waals surface area contributed by atoms with Crippen molar-refractivity contribution in [1.29, 1.82) is 0 Å². The molecule has 4 aromatic rings. The van der Waals surface area contributed by atoms with Gasteiger partial charge in [-0.05, 0) is 86.8 Å². The van der Waals surface area contributed by atoms with Gasteiger partial charge in [0.05, 0.1) is 21.5 Å². The third-order valence-electron chi connectivity index (χ3n) is 7.80. The van der Waals surface area contributed by atoms with E-state index in [1.165, 1.54) is 12.1 Å². The second kappa shape index (κ2) is 12.3. The number of benzene rings is 3. The Labute approximate surface area is 252 Å². The van der Waals surface area contributed by atoms with Crippen LogP contribution >= 0.6 is 0 Å². The summed E-state index contributed by atoms with van der Waals surface area (Å²) in [5, 5.41) is 13.0. The number of carbonyl (C=O) groups is 1. The fourth-order valence-corrected chi connectivity index (χ4v) is 7.57. The highest BCUT2D eigenvalue weighted by atomic mass is 32.2. The predicted octanol–water partition coefficient (Wildman–Crippen LogP) is 6.78. The number of aryl methyl sites for hydroxylation is 1. The first-order valence-corrected chi connectivity index (χ1v) is 16.0. The lowest BCUT2D eigenvalue weighted by atomic mass is 9.89. The van der Waals surface area contributed by atoms with E-state index in [2.05, 4.69) is 36.7 Å². The molecule has 2 amide bonds. The normalized spacial score (nSPS) is 15.2. The third-order valence-corrected chi connectivity index (χ3v) is 10.0. The van der Waals surface area contributed by atoms with Crippen molar-refractivity contribution in [1.82, 2.24) is 15.1 Å². The molecule has 10 heteroatoms. The molecule has 0 spiro atoms. The zero-order valence-electron chi connectivity index (χ0n) is 24.9. The number of para-hydroxylation sites is 1. The number of rotatable bonds is 7. The van der Waals surface area contributed by atoms with E-state index in [1.54, 1.807) is 28.9 Å². The van der Waals surface area contributed by atoms with Gasteiger partial charge in [-0.3, -0.25) is 5.32 Å². The molecular formula is C33H38FN5O3S. The number of hydrogen-bond donors (Lipinski definition) is 3. The van der Waals surface area contributed by atoms with Crippen molar-refractivity contribution >= 4 is 27.4 Å². The molecule has 1 aliphatic rings. The van der Waals surface area contributed by atoms with E-state index in [4.69, 9.17) is 5.10 Å². The van der Waals surface area contributed by atoms with E-state index >= 15 is 0 Å². The summed E-state index contributed by atoms with van der Waals surface area (Å²) in [5.41, 5.74) is 3.35. The number of anilines is 2. The first-order valence-electron chi connectivity index (χ1n) is 14.5. The molecule has 5 rings (SSSR count). The summed E-state index contributed by atoms with van der Waals surface area (Å²) in [7, 11) is -3.93. The van der Waals surface area contributed by atoms with Crippen molar-refractivity contribution in [2.45, 2.75) is 56.1 Å². The van der Waals surface area contributed by atoms with Crippen LogP contribution in [0.4, 0.5) is 20.7 Å². The van der Waals surface area contributed by atoms with Gasteiger partial charge in [-0.15, -0.1) is 0 Å². The molecule has 43 heavy (non-hydrogen) atoms. The first kappa shape index (κ1) is 30.4. The second-order valence-electron chi connectivity index (χ2n) is 12.1. The highest BCUT2D eigenvalue weighted by Crippen LogP contribution is 2.42. The minimum Gasteiger partial charge on any atom is -0.317 e. The maximum Gasteiger partial charge on any atom is 0.324 e. The third kappa shape index (κ3) is 6.81. The maximum absolute atomic E-state index is 14.1. The second-order valence-corrected chi connectivity index (χ2v) is 14.2. The number of halogens is 1. The van der Waals surface area contributed by atoms with E-state index in [-0.39, 0.29) is 16.2 Å². The van der Waals surface area contributed by atoms with Crippen molar-refractivity contribution < 1.29 is 17.6 Å². The van der Waals surface area contributed by atoms with E-state index in [9.17, 15) is 17.6 Å². The molecule has 1 fully saturated rings. The van der Waals surface area contributed by atoms with Crippen LogP contribution in [0.15, 0.2) is 83.8 Å². The average molecular weight is 604 g/mol. The standard InChI is InChI=1S/C33H38FN5O3S/c1-22-9-13-25(14-10-22)39-30(21-29(38-39)33(2,3)4)37-32(40)36-28-8-6-5-7-27(28)31(23-17-19-35-20-18-23)43(41,42)26-15-11-24(34)12-16-26/h5-16,21,23,31,35H,17-20H2,1-4H3,(H2,36,37,40). The largest absolute Gasteiger partial charge is 0.324 e. The smallest absolute Gasteiger partial charge is 0.317 e. The molecule has 226 valence electrons. The topological polar surface area (TPSA) is 105 Å². The van der Waals surface area contributed by atoms with Gasteiger partial charge in [-0.2, -0.15) is 5.10 Å². The van der Waals surface area contributed by atoms with E-state index in [0.29, 0.717) is 43.0 Å². The molecule has 3 aromatic carbocycles. The Morgan fingerprint density at radius 3 is 2.28 bits per heavy atom. The van der Waals surface area contributed by atoms with Crippen LogP contribution in [0.25, 0.3) is 5.69 Å². The number of urea groups is 1. The minimum absolute atomic E-state index is 0.0494. The summed E-state index contributed by atoms with van der Waals surface area (Å²) in [6.07, 6.45) is 1.30. The molecule has 1 aliphatic heterocycles. The highest BCUT2D eigenvalue weighted by molar-refractivity contribution is 7.91. The lowest BCUT2D eigenvalue weighted by Crippen LogP contribution is -2.34. The van der Waals surface area contributed by atoms with Gasteiger partial charge in [-0.1, -0.05) is 56.7 Å². The van der Waals surface area contributed by atoms with Crippen molar-refractivity contribution in [2.24, 2.45) is 5.92 Å². The lowest BCUT2D eigenvalue weighted by molar-refractivity contribution is 0.262. The van der Waals surface area contributed by atoms with Gasteiger partial charge in [0.1, 0.15) is 11.6 Å². The lowest BCUT2D eigenvalue weighted by Gasteiger charge is -2.32. The minimum atomic E-state index is -3.93. The van der Waals surface area contributed by atoms with Crippen molar-refractivity contribution in [3.8, 4) is 5.69 Å². The maximum atomic E-state index is 14.1. The summed E-state index contributed by atoms with van der Waals surface area (Å²) in [5.74, 6) is -0.215. The summed E-state index contributed by atoms with van der Waals surface area (Å²) in [6.45, 7) is 9.54. The Bertz CT molecular complexity index is 1690. The molecule has 0 aliphatic carbocycles. The Hall–Kier alpha value is -4.02. The van der Waals surface area contributed by atoms with Crippen molar-refractivity contribution in [3.63, 3.8) is 0 Å². The number of nitrogens with one attached hydrogen (secondary N) is 3. The molecule has 3 N–H and O–H groups in total. The van der Waals surface area contributed by atoms with Gasteiger partial charge >= 0.3 is 6.03 Å². The van der Waals surface area contributed by atoms with Crippen LogP contribution in [0.5, 0.6) is 0 Å². The monoisotopic (exact) mass is 603 g/mol. The molecule has 0 saturated carbocycles. The molecule has 0 bridgehead atoms. The number of aromatic nitrogens is 2. The predicted molar refractivity (Wildman–Crippen MR) is 168 cm³/mol. The van der Waals surface area contributed by atoms with Crippen LogP contribution in [0.3, 0.4) is 0 Å². The molecule has 0 radical (unpaired) electrons. The Balaban J connectivity index is 1.49. The molecule has 1 atom stereocenters. The number of piperidine rings is 1. The summed E-state index contributed by atoms with van der Waals surface area (Å²) >= 11 is 0. The average Bonchev–Trinajstić information content (AvgIpc) is 3.39. The highest BCUT2D eigenvalue weighted by Gasteiger charge is 2.38. The van der Waals surface area contributed by atoms with Crippen LogP contribution in [-0.2, 0) is 15.3 Å². The van der Waals surface area contributed by atoms with E-state index < -0.39 is 26.9 Å². The Morgan fingerprint density at radius 2 is 1.63 bits per heavy atom. The number of nitrogens with zero attached hydrogens (tertiary/aromatic N) is 2. The summed E-state index contributed by atoms with van der Waals surface area (Å²) in [6, 6.07) is 21.1. The number of carbonyl (C=O) groups excluding carboxylic acids is 1. The summed E-state index contributed by atoms with van der Waals surface area (Å²) in [4.78, 5) is 13.6. The van der Waals surface area contributed by atoms with Crippen LogP contribution in [0.1, 0.15) is 55.7 Å². The van der Waals surface area contributed by atoms with Gasteiger partial charge in [0, 0.05) is 17.2 Å². The quantitative estimate of drug-likeness (QED) is 0.202. The van der Waals surface area contributed by atoms with Gasteiger partial charge in [0.2, 0.25) is 0 Å². The number of hydrogen-bond acceptors (Lipinski definition) is 5. The molecule has 2 heterocycles. The molecular weight excluding hydrogens is 565 g/mol. The Morgan fingerprint density at radius 1 is 0.977 bits per heavy atom. The zero-order valence-corrected chi connectivity index (χ0v) is 25.7. The molecule has 8 nitrogen and oxygen atoms in total. The fraction of sp³-hybridized carbons (Fsp3) is 0.333. The van der Waals surface area contributed by atoms with Gasteiger partial charge in [0.15, 0.2) is 9.84 Å². The van der Waals surface area contributed by atoms with Crippen LogP contribution in [-0.4, -0.2) is 37.3 Å². The van der Waals surface area contributed by atoms with E-state index in [1.807, 2.05) is 37.3 Å². The molecule has 1 aromatic heterocycles. The number of sulfone groups is 1. The summed E-state index contributed by atoms with van der Waals surface area (Å²) < 4.78 is 43.6. The number of amides is 2. The van der Waals surface area contributed by atoms with Gasteiger partial charge in [0.25, 0.3) is 0 Å². The van der Waals surface area contributed by atoms with Crippen LogP contribution < -0.4 is 16.0 Å². The van der Waals surface area contributed by atoms with Crippen molar-refractivity contribution in [2.75, 3.05) is 23.7 Å². The van der Waals surface area contributed by atoms with E-state index in [0.717, 1.165) is 29.1 Å². The fourth-order valence-electron chi connectivity index (χ4n) is 5.44. The molecule has 1 unspecified atom stereocenters. The van der Waals surface area contributed by atoms with Crippen molar-refractivity contribution in [3.05, 3.63) is 102 Å². The van der Waals surface area contributed by atoms with Gasteiger partial charge < -0.3 is 10.6 Å². The SMILES string of the molecule is Cc1ccc(-n2nc(C(C)(C)C)cc2NC(=O)Nc2ccccc2C(C2CCNCC2)S(=O)(=O)c2ccc(F)cc2)cc1. The first-order chi connectivity index (χ1) is 20.4. The zero-order chi connectivity index (χ0) is 30.8. The van der Waals surface area contributed by atoms with Gasteiger partial charge in [-0.25, -0.2) is 22.3 Å².